The van der Waals surface area contributed by atoms with Crippen molar-refractivity contribution in [1.29, 1.82) is 0 Å². The van der Waals surface area contributed by atoms with Crippen LogP contribution in [0, 0.1) is 0 Å². The molecule has 2 atom stereocenters. The third-order valence-electron chi connectivity index (χ3n) is 3.23. The van der Waals surface area contributed by atoms with Crippen molar-refractivity contribution in [3.8, 4) is 0 Å². The van der Waals surface area contributed by atoms with Crippen LogP contribution in [0.25, 0.3) is 0 Å². The minimum atomic E-state index is -0.708. The van der Waals surface area contributed by atoms with E-state index < -0.39 is 29.6 Å². The van der Waals surface area contributed by atoms with Crippen molar-refractivity contribution in [3.63, 3.8) is 0 Å². The van der Waals surface area contributed by atoms with Crippen LogP contribution < -0.4 is 0 Å². The zero-order valence-corrected chi connectivity index (χ0v) is 14.0. The van der Waals surface area contributed by atoms with Crippen molar-refractivity contribution in [3.05, 3.63) is 11.8 Å². The highest BCUT2D eigenvalue weighted by Gasteiger charge is 2.46. The van der Waals surface area contributed by atoms with Crippen molar-refractivity contribution in [2.75, 3.05) is 20.3 Å². The SMILES string of the molecule is COC1=CCON(C(=O)OC(C)(C)C)[C@@H]1[C@H]1COC(C)(C)O1. The second-order valence-corrected chi connectivity index (χ2v) is 6.72. The highest BCUT2D eigenvalue weighted by molar-refractivity contribution is 5.68. The Kier molecular flexibility index (Phi) is 4.70. The van der Waals surface area contributed by atoms with Crippen LogP contribution in [0.5, 0.6) is 0 Å². The van der Waals surface area contributed by atoms with Gasteiger partial charge in [-0.2, -0.15) is 5.06 Å². The third-order valence-corrected chi connectivity index (χ3v) is 3.23. The van der Waals surface area contributed by atoms with Crippen molar-refractivity contribution < 1.29 is 28.6 Å². The Bertz CT molecular complexity index is 453. The lowest BCUT2D eigenvalue weighted by molar-refractivity contribution is -0.203. The van der Waals surface area contributed by atoms with Crippen molar-refractivity contribution in [2.24, 2.45) is 0 Å². The first-order valence-electron chi connectivity index (χ1n) is 7.34. The van der Waals surface area contributed by atoms with Gasteiger partial charge in [0.25, 0.3) is 0 Å². The van der Waals surface area contributed by atoms with E-state index in [9.17, 15) is 4.79 Å². The van der Waals surface area contributed by atoms with Gasteiger partial charge in [0.1, 0.15) is 23.5 Å². The van der Waals surface area contributed by atoms with Gasteiger partial charge in [-0.1, -0.05) is 0 Å². The summed E-state index contributed by atoms with van der Waals surface area (Å²) in [5, 5.41) is 1.18. The summed E-state index contributed by atoms with van der Waals surface area (Å²) in [6, 6.07) is -0.546. The summed E-state index contributed by atoms with van der Waals surface area (Å²) >= 11 is 0. The van der Waals surface area contributed by atoms with Gasteiger partial charge in [0.15, 0.2) is 5.79 Å². The molecule has 126 valence electrons. The number of hydroxylamine groups is 2. The summed E-state index contributed by atoms with van der Waals surface area (Å²) < 4.78 is 22.2. The number of carbonyl (C=O) groups excluding carboxylic acids is 1. The smallest absolute Gasteiger partial charge is 0.435 e. The summed E-state index contributed by atoms with van der Waals surface area (Å²) in [5.74, 6) is -0.107. The van der Waals surface area contributed by atoms with Gasteiger partial charge in [-0.25, -0.2) is 4.79 Å². The first-order valence-corrected chi connectivity index (χ1v) is 7.34. The Morgan fingerprint density at radius 1 is 1.41 bits per heavy atom. The normalized spacial score (nSPS) is 28.3. The summed E-state index contributed by atoms with van der Waals surface area (Å²) in [6.07, 6.45) is 0.808. The fourth-order valence-electron chi connectivity index (χ4n) is 2.40. The summed E-state index contributed by atoms with van der Waals surface area (Å²) in [6.45, 7) is 9.62. The van der Waals surface area contributed by atoms with E-state index in [0.29, 0.717) is 12.4 Å². The number of carbonyl (C=O) groups is 1. The molecule has 0 unspecified atom stereocenters. The van der Waals surface area contributed by atoms with Gasteiger partial charge in [0.2, 0.25) is 0 Å². The quantitative estimate of drug-likeness (QED) is 0.778. The molecule has 7 nitrogen and oxygen atoms in total. The molecule has 0 aromatic heterocycles. The monoisotopic (exact) mass is 315 g/mol. The fourth-order valence-corrected chi connectivity index (χ4v) is 2.40. The minimum absolute atomic E-state index is 0.232. The Hall–Kier alpha value is -1.31. The van der Waals surface area contributed by atoms with Gasteiger partial charge < -0.3 is 18.9 Å². The lowest BCUT2D eigenvalue weighted by Crippen LogP contribution is -2.53. The Morgan fingerprint density at radius 2 is 2.09 bits per heavy atom. The Morgan fingerprint density at radius 3 is 2.59 bits per heavy atom. The van der Waals surface area contributed by atoms with E-state index in [1.165, 1.54) is 5.06 Å². The van der Waals surface area contributed by atoms with Crippen LogP contribution in [0.1, 0.15) is 34.6 Å². The van der Waals surface area contributed by atoms with Gasteiger partial charge in [-0.15, -0.1) is 0 Å². The van der Waals surface area contributed by atoms with Crippen LogP contribution in [-0.4, -0.2) is 55.0 Å². The number of rotatable bonds is 2. The third kappa shape index (κ3) is 3.91. The highest BCUT2D eigenvalue weighted by atomic mass is 16.8. The lowest BCUT2D eigenvalue weighted by Gasteiger charge is -2.37. The van der Waals surface area contributed by atoms with E-state index in [4.69, 9.17) is 23.8 Å². The molecule has 0 radical (unpaired) electrons. The molecule has 0 aromatic rings. The predicted molar refractivity (Wildman–Crippen MR) is 77.8 cm³/mol. The van der Waals surface area contributed by atoms with Crippen LogP contribution in [0.4, 0.5) is 4.79 Å². The molecule has 1 saturated heterocycles. The average Bonchev–Trinajstić information content (AvgIpc) is 2.76. The first kappa shape index (κ1) is 17.1. The summed E-state index contributed by atoms with van der Waals surface area (Å²) in [7, 11) is 1.55. The topological polar surface area (TPSA) is 66.5 Å². The maximum absolute atomic E-state index is 12.4. The second kappa shape index (κ2) is 6.06. The molecular weight excluding hydrogens is 290 g/mol. The standard InChI is InChI=1S/C15H25NO6/c1-14(2,3)22-13(17)16-12(10(18-6)7-8-20-16)11-9-19-15(4,5)21-11/h7,11-12H,8-9H2,1-6H3/t11-,12+/m1/s1. The maximum Gasteiger partial charge on any atom is 0.435 e. The first-order chi connectivity index (χ1) is 10.1. The molecule has 2 heterocycles. The molecule has 2 aliphatic rings. The van der Waals surface area contributed by atoms with Crippen LogP contribution in [0.3, 0.4) is 0 Å². The zero-order valence-electron chi connectivity index (χ0n) is 14.0. The van der Waals surface area contributed by atoms with Crippen molar-refractivity contribution in [1.82, 2.24) is 5.06 Å². The number of hydrogen-bond donors (Lipinski definition) is 0. The summed E-state index contributed by atoms with van der Waals surface area (Å²) in [5.41, 5.74) is -0.619. The number of methoxy groups -OCH3 is 1. The fraction of sp³-hybridized carbons (Fsp3) is 0.800. The molecule has 0 aromatic carbocycles. The molecule has 0 N–H and O–H groups in total. The van der Waals surface area contributed by atoms with Crippen LogP contribution >= 0.6 is 0 Å². The second-order valence-electron chi connectivity index (χ2n) is 6.72. The van der Waals surface area contributed by atoms with E-state index in [0.717, 1.165) is 0 Å². The van der Waals surface area contributed by atoms with E-state index >= 15 is 0 Å². The minimum Gasteiger partial charge on any atom is -0.499 e. The summed E-state index contributed by atoms with van der Waals surface area (Å²) in [4.78, 5) is 17.9. The number of nitrogens with zero attached hydrogens (tertiary/aromatic N) is 1. The molecule has 2 aliphatic heterocycles. The molecular formula is C15H25NO6. The van der Waals surface area contributed by atoms with Gasteiger partial charge in [-0.05, 0) is 40.7 Å². The molecule has 1 fully saturated rings. The molecule has 22 heavy (non-hydrogen) atoms. The zero-order chi connectivity index (χ0) is 16.5. The largest absolute Gasteiger partial charge is 0.499 e. The Balaban J connectivity index is 2.21. The van der Waals surface area contributed by atoms with Crippen LogP contribution in [0.2, 0.25) is 0 Å². The van der Waals surface area contributed by atoms with Gasteiger partial charge in [0, 0.05) is 0 Å². The lowest BCUT2D eigenvalue weighted by atomic mass is 10.1. The number of ether oxygens (including phenoxy) is 4. The van der Waals surface area contributed by atoms with Crippen LogP contribution in [-0.2, 0) is 23.8 Å². The molecule has 0 aliphatic carbocycles. The van der Waals surface area contributed by atoms with Gasteiger partial charge in [-0.3, -0.25) is 4.84 Å². The highest BCUT2D eigenvalue weighted by Crippen LogP contribution is 2.32. The number of amides is 1. The predicted octanol–water partition coefficient (Wildman–Crippen LogP) is 2.22. The molecule has 2 rings (SSSR count). The van der Waals surface area contributed by atoms with Crippen molar-refractivity contribution in [2.45, 2.75) is 58.2 Å². The molecule has 1 amide bonds. The molecule has 0 saturated carbocycles. The van der Waals surface area contributed by atoms with Crippen molar-refractivity contribution >= 4 is 6.09 Å². The maximum atomic E-state index is 12.4. The molecule has 0 bridgehead atoms. The van der Waals surface area contributed by atoms with E-state index in [2.05, 4.69) is 0 Å². The van der Waals surface area contributed by atoms with Crippen LogP contribution in [0.15, 0.2) is 11.8 Å². The van der Waals surface area contributed by atoms with Gasteiger partial charge >= 0.3 is 6.09 Å². The molecule has 0 spiro atoms. The Labute approximate surface area is 131 Å². The van der Waals surface area contributed by atoms with E-state index in [1.807, 2.05) is 13.8 Å². The van der Waals surface area contributed by atoms with Gasteiger partial charge in [0.05, 0.1) is 20.3 Å². The van der Waals surface area contributed by atoms with E-state index in [-0.39, 0.29) is 6.61 Å². The average molecular weight is 315 g/mol. The molecule has 7 heteroatoms. The number of hydrogen-bond acceptors (Lipinski definition) is 6. The van der Waals surface area contributed by atoms with E-state index in [1.54, 1.807) is 34.0 Å².